The van der Waals surface area contributed by atoms with Gasteiger partial charge in [-0.05, 0) is 55.0 Å². The molecule has 0 unspecified atom stereocenters. The second kappa shape index (κ2) is 9.55. The summed E-state index contributed by atoms with van der Waals surface area (Å²) in [6.45, 7) is 1.20. The Hall–Kier alpha value is -2.90. The average Bonchev–Trinajstić information content (AvgIpc) is 2.61. The van der Waals surface area contributed by atoms with Crippen LogP contribution in [0.25, 0.3) is 0 Å². The molecule has 0 spiro atoms. The number of aliphatic hydroxyl groups is 1. The summed E-state index contributed by atoms with van der Waals surface area (Å²) in [7, 11) is 0. The number of rotatable bonds is 7. The molecule has 0 fully saturated rings. The van der Waals surface area contributed by atoms with Crippen LogP contribution < -0.4 is 15.5 Å². The molecule has 0 heterocycles. The average molecular weight is 376 g/mol. The van der Waals surface area contributed by atoms with E-state index >= 15 is 0 Å². The Labute approximate surface area is 155 Å². The Balaban J connectivity index is 1.80. The third-order valence-corrected chi connectivity index (χ3v) is 3.36. The summed E-state index contributed by atoms with van der Waals surface area (Å²) in [5, 5.41) is 16.0. The van der Waals surface area contributed by atoms with Crippen molar-refractivity contribution in [1.82, 2.24) is 5.43 Å². The fraction of sp³-hybridized carbons (Fsp3) is 0.167. The number of nitrogens with zero attached hydrogens (tertiary/aromatic N) is 1. The van der Waals surface area contributed by atoms with Gasteiger partial charge in [0, 0.05) is 10.7 Å². The molecule has 2 aromatic rings. The third kappa shape index (κ3) is 6.54. The fourth-order valence-electron chi connectivity index (χ4n) is 1.83. The summed E-state index contributed by atoms with van der Waals surface area (Å²) in [4.78, 5) is 23.0. The quantitative estimate of drug-likeness (QED) is 0.510. The zero-order valence-electron chi connectivity index (χ0n) is 14.0. The maximum Gasteiger partial charge on any atom is 0.268 e. The molecule has 2 aromatic carbocycles. The summed E-state index contributed by atoms with van der Waals surface area (Å²) in [5.74, 6) is -0.387. The monoisotopic (exact) mass is 375 g/mol. The zero-order chi connectivity index (χ0) is 18.9. The largest absolute Gasteiger partial charge is 0.484 e. The van der Waals surface area contributed by atoms with Crippen LogP contribution in [0.4, 0.5) is 5.69 Å². The Morgan fingerprint density at radius 2 is 2.00 bits per heavy atom. The molecule has 0 aliphatic heterocycles. The molecule has 0 saturated carbocycles. The van der Waals surface area contributed by atoms with Crippen LogP contribution in [0.15, 0.2) is 53.6 Å². The van der Waals surface area contributed by atoms with Gasteiger partial charge in [0.1, 0.15) is 11.9 Å². The van der Waals surface area contributed by atoms with Crippen molar-refractivity contribution in [3.05, 3.63) is 59.1 Å². The number of halogens is 1. The van der Waals surface area contributed by atoms with Crippen molar-refractivity contribution < 1.29 is 19.4 Å². The molecular formula is C18H18ClN3O4. The maximum atomic E-state index is 11.9. The van der Waals surface area contributed by atoms with E-state index in [0.717, 1.165) is 0 Å². The summed E-state index contributed by atoms with van der Waals surface area (Å²) < 4.78 is 5.41. The highest BCUT2D eigenvalue weighted by Crippen LogP contribution is 2.15. The molecule has 2 amide bonds. The van der Waals surface area contributed by atoms with Gasteiger partial charge in [-0.25, -0.2) is 5.43 Å². The standard InChI is InChI=1S/C18H18ClN3O4/c1-12(23)18(25)22-20-10-13-5-7-16(8-6-13)26-11-17(24)21-15-4-2-3-14(19)9-15/h2-10,12,23H,11H2,1H3,(H,21,24)(H,22,25)/b20-10-/t12-/m0/s1. The number of benzene rings is 2. The number of aliphatic hydroxyl groups excluding tert-OH is 1. The molecule has 0 bridgehead atoms. The van der Waals surface area contributed by atoms with Gasteiger partial charge in [0.15, 0.2) is 6.61 Å². The van der Waals surface area contributed by atoms with Crippen LogP contribution in [0.2, 0.25) is 5.02 Å². The topological polar surface area (TPSA) is 100 Å². The minimum Gasteiger partial charge on any atom is -0.484 e. The van der Waals surface area contributed by atoms with Crippen LogP contribution in [0.3, 0.4) is 0 Å². The van der Waals surface area contributed by atoms with Crippen LogP contribution >= 0.6 is 11.6 Å². The van der Waals surface area contributed by atoms with Gasteiger partial charge in [-0.15, -0.1) is 0 Å². The van der Waals surface area contributed by atoms with E-state index < -0.39 is 12.0 Å². The zero-order valence-corrected chi connectivity index (χ0v) is 14.7. The number of amides is 2. The lowest BCUT2D eigenvalue weighted by molar-refractivity contribution is -0.128. The van der Waals surface area contributed by atoms with E-state index in [1.54, 1.807) is 48.5 Å². The van der Waals surface area contributed by atoms with Crippen LogP contribution in [0.5, 0.6) is 5.75 Å². The molecule has 0 saturated heterocycles. The number of hydrogen-bond acceptors (Lipinski definition) is 5. The molecule has 1 atom stereocenters. The Kier molecular flexibility index (Phi) is 7.13. The van der Waals surface area contributed by atoms with E-state index in [0.29, 0.717) is 22.0 Å². The van der Waals surface area contributed by atoms with Gasteiger partial charge in [-0.1, -0.05) is 17.7 Å². The van der Waals surface area contributed by atoms with Gasteiger partial charge in [0.25, 0.3) is 11.8 Å². The fourth-order valence-corrected chi connectivity index (χ4v) is 2.02. The maximum absolute atomic E-state index is 11.9. The van der Waals surface area contributed by atoms with Crippen LogP contribution in [0, 0.1) is 0 Å². The third-order valence-electron chi connectivity index (χ3n) is 3.13. The van der Waals surface area contributed by atoms with Gasteiger partial charge in [0.05, 0.1) is 6.21 Å². The van der Waals surface area contributed by atoms with Crippen LogP contribution in [-0.2, 0) is 9.59 Å². The lowest BCUT2D eigenvalue weighted by atomic mass is 10.2. The number of hydrazone groups is 1. The number of anilines is 1. The Morgan fingerprint density at radius 1 is 1.27 bits per heavy atom. The van der Waals surface area contributed by atoms with E-state index in [1.807, 2.05) is 0 Å². The first-order valence-corrected chi connectivity index (χ1v) is 8.11. The minimum atomic E-state index is -1.12. The van der Waals surface area contributed by atoms with Crippen molar-refractivity contribution in [1.29, 1.82) is 0 Å². The van der Waals surface area contributed by atoms with Gasteiger partial charge >= 0.3 is 0 Å². The highest BCUT2D eigenvalue weighted by molar-refractivity contribution is 6.30. The van der Waals surface area contributed by atoms with Crippen molar-refractivity contribution in [2.45, 2.75) is 13.0 Å². The summed E-state index contributed by atoms with van der Waals surface area (Å²) >= 11 is 5.86. The molecular weight excluding hydrogens is 358 g/mol. The molecule has 26 heavy (non-hydrogen) atoms. The van der Waals surface area contributed by atoms with Crippen molar-refractivity contribution in [2.75, 3.05) is 11.9 Å². The minimum absolute atomic E-state index is 0.148. The summed E-state index contributed by atoms with van der Waals surface area (Å²) in [5.41, 5.74) is 3.51. The Morgan fingerprint density at radius 3 is 2.65 bits per heavy atom. The second-order valence-corrected chi connectivity index (χ2v) is 5.76. The summed E-state index contributed by atoms with van der Waals surface area (Å²) in [6, 6.07) is 13.6. The molecule has 2 rings (SSSR count). The van der Waals surface area contributed by atoms with Crippen LogP contribution in [0.1, 0.15) is 12.5 Å². The molecule has 136 valence electrons. The lowest BCUT2D eigenvalue weighted by Crippen LogP contribution is -2.28. The van der Waals surface area contributed by atoms with E-state index in [1.165, 1.54) is 13.1 Å². The van der Waals surface area contributed by atoms with Crippen LogP contribution in [-0.4, -0.2) is 35.8 Å². The SMILES string of the molecule is C[C@H](O)C(=O)N/N=C\c1ccc(OCC(=O)Nc2cccc(Cl)c2)cc1. The molecule has 0 radical (unpaired) electrons. The predicted octanol–water partition coefficient (Wildman–Crippen LogP) is 2.19. The first-order valence-electron chi connectivity index (χ1n) is 7.73. The van der Waals surface area contributed by atoms with E-state index in [9.17, 15) is 9.59 Å². The Bertz CT molecular complexity index is 791. The van der Waals surface area contributed by atoms with Crippen molar-refractivity contribution in [3.63, 3.8) is 0 Å². The van der Waals surface area contributed by atoms with Gasteiger partial charge in [0.2, 0.25) is 0 Å². The molecule has 3 N–H and O–H groups in total. The normalized spacial score (nSPS) is 11.8. The second-order valence-electron chi connectivity index (χ2n) is 5.33. The lowest BCUT2D eigenvalue weighted by Gasteiger charge is -2.08. The van der Waals surface area contributed by atoms with Crippen molar-refractivity contribution >= 4 is 35.3 Å². The van der Waals surface area contributed by atoms with Gasteiger partial charge < -0.3 is 15.2 Å². The van der Waals surface area contributed by atoms with Gasteiger partial charge in [-0.2, -0.15) is 5.10 Å². The van der Waals surface area contributed by atoms with E-state index in [2.05, 4.69) is 15.8 Å². The molecule has 0 aromatic heterocycles. The van der Waals surface area contributed by atoms with Crippen molar-refractivity contribution in [3.8, 4) is 5.75 Å². The number of ether oxygens (including phenoxy) is 1. The first kappa shape index (κ1) is 19.4. The predicted molar refractivity (Wildman–Crippen MR) is 99.4 cm³/mol. The smallest absolute Gasteiger partial charge is 0.268 e. The number of nitrogens with one attached hydrogen (secondary N) is 2. The van der Waals surface area contributed by atoms with Gasteiger partial charge in [-0.3, -0.25) is 9.59 Å². The van der Waals surface area contributed by atoms with E-state index in [4.69, 9.17) is 21.4 Å². The molecule has 8 heteroatoms. The van der Waals surface area contributed by atoms with Crippen molar-refractivity contribution in [2.24, 2.45) is 5.10 Å². The number of carbonyl (C=O) groups excluding carboxylic acids is 2. The molecule has 7 nitrogen and oxygen atoms in total. The highest BCUT2D eigenvalue weighted by atomic mass is 35.5. The number of carbonyl (C=O) groups is 2. The molecule has 0 aliphatic rings. The number of hydrogen-bond donors (Lipinski definition) is 3. The van der Waals surface area contributed by atoms with E-state index in [-0.39, 0.29) is 12.5 Å². The first-order chi connectivity index (χ1) is 12.4. The highest BCUT2D eigenvalue weighted by Gasteiger charge is 2.06. The molecule has 0 aliphatic carbocycles. The summed E-state index contributed by atoms with van der Waals surface area (Å²) in [6.07, 6.45) is 0.302.